The molecule has 19 heavy (non-hydrogen) atoms. The lowest BCUT2D eigenvalue weighted by molar-refractivity contribution is 0.0799. The van der Waals surface area contributed by atoms with Crippen LogP contribution >= 0.6 is 0 Å². The second-order valence-corrected chi connectivity index (χ2v) is 5.54. The number of ether oxygens (including phenoxy) is 1. The third-order valence-corrected chi connectivity index (χ3v) is 3.54. The highest BCUT2D eigenvalue weighted by molar-refractivity contribution is 5.38. The topological polar surface area (TPSA) is 61.7 Å². The van der Waals surface area contributed by atoms with Gasteiger partial charge in [-0.15, -0.1) is 0 Å². The summed E-state index contributed by atoms with van der Waals surface area (Å²) >= 11 is 0. The summed E-state index contributed by atoms with van der Waals surface area (Å²) in [6.45, 7) is 7.86. The van der Waals surface area contributed by atoms with Gasteiger partial charge in [-0.05, 0) is 39.8 Å². The number of aliphatic hydroxyl groups excluding tert-OH is 2. The molecular weight excluding hydrogens is 242 g/mol. The van der Waals surface area contributed by atoms with Crippen molar-refractivity contribution in [1.29, 1.82) is 0 Å². The van der Waals surface area contributed by atoms with E-state index in [2.05, 4.69) is 5.32 Å². The monoisotopic (exact) mass is 267 g/mol. The molecule has 4 heteroatoms. The molecule has 1 aromatic carbocycles. The number of aryl methyl sites for hydroxylation is 1. The molecule has 0 aromatic heterocycles. The van der Waals surface area contributed by atoms with Gasteiger partial charge in [0.05, 0.1) is 19.3 Å². The van der Waals surface area contributed by atoms with Gasteiger partial charge >= 0.3 is 0 Å². The standard InChI is InChI=1S/C15H25NO3/c1-10-6-7-14(19-5)12(8-10)13(18)9-16-15(3,4)11(2)17/h6-8,11,13,16-18H,9H2,1-5H3. The number of nitrogens with one attached hydrogen (secondary N) is 1. The van der Waals surface area contributed by atoms with Gasteiger partial charge in [0.1, 0.15) is 5.75 Å². The molecular formula is C15H25NO3. The van der Waals surface area contributed by atoms with Crippen LogP contribution in [0.15, 0.2) is 18.2 Å². The predicted molar refractivity (Wildman–Crippen MR) is 76.5 cm³/mol. The first kappa shape index (κ1) is 16.0. The molecule has 0 fully saturated rings. The molecule has 0 amide bonds. The minimum atomic E-state index is -0.673. The van der Waals surface area contributed by atoms with Gasteiger partial charge in [-0.3, -0.25) is 0 Å². The zero-order valence-electron chi connectivity index (χ0n) is 12.4. The Labute approximate surface area is 115 Å². The summed E-state index contributed by atoms with van der Waals surface area (Å²) in [7, 11) is 1.59. The second-order valence-electron chi connectivity index (χ2n) is 5.54. The van der Waals surface area contributed by atoms with Gasteiger partial charge in [0, 0.05) is 17.6 Å². The lowest BCUT2D eigenvalue weighted by atomic mass is 9.97. The summed E-state index contributed by atoms with van der Waals surface area (Å²) in [6.07, 6.45) is -1.17. The first-order valence-corrected chi connectivity index (χ1v) is 6.53. The van der Waals surface area contributed by atoms with Crippen LogP contribution in [-0.4, -0.2) is 35.5 Å². The molecule has 0 aliphatic heterocycles. The molecule has 1 aromatic rings. The lowest BCUT2D eigenvalue weighted by Crippen LogP contribution is -2.49. The zero-order chi connectivity index (χ0) is 14.6. The van der Waals surface area contributed by atoms with Crippen molar-refractivity contribution in [3.63, 3.8) is 0 Å². The Morgan fingerprint density at radius 3 is 2.47 bits per heavy atom. The van der Waals surface area contributed by atoms with Crippen molar-refractivity contribution < 1.29 is 14.9 Å². The van der Waals surface area contributed by atoms with Gasteiger partial charge < -0.3 is 20.3 Å². The van der Waals surface area contributed by atoms with Crippen LogP contribution in [0.4, 0.5) is 0 Å². The second kappa shape index (κ2) is 6.37. The Morgan fingerprint density at radius 1 is 1.32 bits per heavy atom. The molecule has 1 rings (SSSR count). The average Bonchev–Trinajstić information content (AvgIpc) is 2.35. The van der Waals surface area contributed by atoms with Gasteiger partial charge in [0.25, 0.3) is 0 Å². The average molecular weight is 267 g/mol. The summed E-state index contributed by atoms with van der Waals surface area (Å²) in [5, 5.41) is 23.1. The van der Waals surface area contributed by atoms with Gasteiger partial charge in [-0.1, -0.05) is 11.6 Å². The molecule has 108 valence electrons. The maximum Gasteiger partial charge on any atom is 0.124 e. The van der Waals surface area contributed by atoms with Crippen LogP contribution in [0.1, 0.15) is 38.0 Å². The third kappa shape index (κ3) is 4.20. The number of hydrogen-bond donors (Lipinski definition) is 3. The molecule has 0 aliphatic rings. The van der Waals surface area contributed by atoms with E-state index >= 15 is 0 Å². The summed E-state index contributed by atoms with van der Waals surface area (Å²) in [6, 6.07) is 5.72. The molecule has 0 aliphatic carbocycles. The lowest BCUT2D eigenvalue weighted by Gasteiger charge is -2.31. The molecule has 2 unspecified atom stereocenters. The van der Waals surface area contributed by atoms with Crippen LogP contribution in [0.5, 0.6) is 5.75 Å². The zero-order valence-corrected chi connectivity index (χ0v) is 12.4. The number of aliphatic hydroxyl groups is 2. The molecule has 0 radical (unpaired) electrons. The molecule has 0 saturated heterocycles. The van der Waals surface area contributed by atoms with Gasteiger partial charge in [-0.2, -0.15) is 0 Å². The van der Waals surface area contributed by atoms with E-state index in [4.69, 9.17) is 4.74 Å². The van der Waals surface area contributed by atoms with E-state index in [1.165, 1.54) is 0 Å². The number of benzene rings is 1. The maximum atomic E-state index is 10.3. The van der Waals surface area contributed by atoms with Gasteiger partial charge in [-0.25, -0.2) is 0 Å². The SMILES string of the molecule is COc1ccc(C)cc1C(O)CNC(C)(C)C(C)O. The first-order valence-electron chi connectivity index (χ1n) is 6.53. The first-order chi connectivity index (χ1) is 8.77. The molecule has 0 spiro atoms. The Hall–Kier alpha value is -1.10. The summed E-state index contributed by atoms with van der Waals surface area (Å²) in [5.74, 6) is 0.676. The van der Waals surface area contributed by atoms with Crippen molar-refractivity contribution >= 4 is 0 Å². The fourth-order valence-electron chi connectivity index (χ4n) is 1.73. The largest absolute Gasteiger partial charge is 0.496 e. The van der Waals surface area contributed by atoms with Crippen molar-refractivity contribution in [2.45, 2.75) is 45.4 Å². The van der Waals surface area contributed by atoms with Crippen LogP contribution in [0, 0.1) is 6.92 Å². The number of hydrogen-bond acceptors (Lipinski definition) is 4. The number of methoxy groups -OCH3 is 1. The van der Waals surface area contributed by atoms with Crippen molar-refractivity contribution in [2.24, 2.45) is 0 Å². The van der Waals surface area contributed by atoms with Crippen molar-refractivity contribution in [3.8, 4) is 5.75 Å². The fraction of sp³-hybridized carbons (Fsp3) is 0.600. The predicted octanol–water partition coefficient (Wildman–Crippen LogP) is 1.79. The van der Waals surface area contributed by atoms with E-state index < -0.39 is 17.7 Å². The van der Waals surface area contributed by atoms with Crippen molar-refractivity contribution in [2.75, 3.05) is 13.7 Å². The van der Waals surface area contributed by atoms with Crippen LogP contribution in [0.25, 0.3) is 0 Å². The van der Waals surface area contributed by atoms with Crippen LogP contribution in [0.3, 0.4) is 0 Å². The summed E-state index contributed by atoms with van der Waals surface area (Å²) in [4.78, 5) is 0. The van der Waals surface area contributed by atoms with Gasteiger partial charge in [0.2, 0.25) is 0 Å². The Morgan fingerprint density at radius 2 is 1.95 bits per heavy atom. The minimum absolute atomic E-state index is 0.359. The molecule has 0 bridgehead atoms. The van der Waals surface area contributed by atoms with E-state index in [1.54, 1.807) is 14.0 Å². The third-order valence-electron chi connectivity index (χ3n) is 3.54. The highest BCUT2D eigenvalue weighted by Crippen LogP contribution is 2.26. The quantitative estimate of drug-likeness (QED) is 0.735. The Bertz CT molecular complexity index is 416. The summed E-state index contributed by atoms with van der Waals surface area (Å²) in [5.41, 5.74) is 1.39. The molecule has 3 N–H and O–H groups in total. The van der Waals surface area contributed by atoms with Crippen LogP contribution in [0.2, 0.25) is 0 Å². The van der Waals surface area contributed by atoms with E-state index in [1.807, 2.05) is 39.0 Å². The van der Waals surface area contributed by atoms with E-state index in [9.17, 15) is 10.2 Å². The molecule has 4 nitrogen and oxygen atoms in total. The molecule has 0 heterocycles. The maximum absolute atomic E-state index is 10.3. The van der Waals surface area contributed by atoms with E-state index in [-0.39, 0.29) is 0 Å². The normalized spacial score (nSPS) is 15.1. The number of rotatable bonds is 6. The van der Waals surface area contributed by atoms with Crippen LogP contribution < -0.4 is 10.1 Å². The summed E-state index contributed by atoms with van der Waals surface area (Å²) < 4.78 is 5.26. The fourth-order valence-corrected chi connectivity index (χ4v) is 1.73. The van der Waals surface area contributed by atoms with Crippen LogP contribution in [-0.2, 0) is 0 Å². The van der Waals surface area contributed by atoms with Crippen molar-refractivity contribution in [1.82, 2.24) is 5.32 Å². The smallest absolute Gasteiger partial charge is 0.124 e. The van der Waals surface area contributed by atoms with Gasteiger partial charge in [0.15, 0.2) is 0 Å². The van der Waals surface area contributed by atoms with E-state index in [0.29, 0.717) is 12.3 Å². The molecule has 0 saturated carbocycles. The molecule has 2 atom stereocenters. The minimum Gasteiger partial charge on any atom is -0.496 e. The Balaban J connectivity index is 2.78. The van der Waals surface area contributed by atoms with Crippen molar-refractivity contribution in [3.05, 3.63) is 29.3 Å². The highest BCUT2D eigenvalue weighted by atomic mass is 16.5. The Kier molecular flexibility index (Phi) is 5.35. The highest BCUT2D eigenvalue weighted by Gasteiger charge is 2.25. The van der Waals surface area contributed by atoms with E-state index in [0.717, 1.165) is 11.1 Å². The number of β-amino-alcohol motifs (C(OH)–C–C–N with tert-alkyl or cyclic N) is 1.